The maximum Gasteiger partial charge on any atom is 0.269 e. The number of aryl methyl sites for hydroxylation is 1. The summed E-state index contributed by atoms with van der Waals surface area (Å²) >= 11 is 3.72. The maximum atomic E-state index is 10.9. The molecule has 128 valence electrons. The van der Waals surface area contributed by atoms with E-state index in [2.05, 4.69) is 53.3 Å². The Morgan fingerprint density at radius 1 is 1.24 bits per heavy atom. The third-order valence-corrected chi connectivity index (χ3v) is 6.21. The van der Waals surface area contributed by atoms with Crippen molar-refractivity contribution in [1.29, 1.82) is 0 Å². The highest BCUT2D eigenvalue weighted by atomic mass is 79.9. The van der Waals surface area contributed by atoms with E-state index in [1.807, 2.05) is 12.1 Å². The van der Waals surface area contributed by atoms with E-state index in [0.717, 1.165) is 22.1 Å². The highest BCUT2D eigenvalue weighted by molar-refractivity contribution is 9.10. The number of nitro groups is 1. The molecule has 0 spiro atoms. The Labute approximate surface area is 155 Å². The minimum absolute atomic E-state index is 0.133. The van der Waals surface area contributed by atoms with E-state index in [-0.39, 0.29) is 16.7 Å². The molecule has 0 saturated heterocycles. The summed E-state index contributed by atoms with van der Waals surface area (Å²) in [5, 5.41) is 14.6. The average molecular weight is 399 g/mol. The highest BCUT2D eigenvalue weighted by Gasteiger charge is 2.39. The van der Waals surface area contributed by atoms with Gasteiger partial charge in [-0.2, -0.15) is 0 Å². The van der Waals surface area contributed by atoms with Crippen LogP contribution in [0, 0.1) is 29.9 Å². The number of anilines is 1. The molecule has 2 aliphatic rings. The third-order valence-electron chi connectivity index (χ3n) is 5.58. The standard InChI is InChI=1S/C20H19BrN2O2/c1-11-10-17(21)20-18(12(11)2)15-4-3-5-16(15)19(22-20)13-6-8-14(9-7-13)23(24)25/h3-4,6-10,15-16,19,22H,5H2,1-2H3/t15-,16-,19-/m0/s1. The molecule has 1 heterocycles. The van der Waals surface area contributed by atoms with Crippen molar-refractivity contribution < 1.29 is 4.92 Å². The molecule has 0 aromatic heterocycles. The predicted octanol–water partition coefficient (Wildman–Crippen LogP) is 5.80. The molecule has 25 heavy (non-hydrogen) atoms. The lowest BCUT2D eigenvalue weighted by Gasteiger charge is -2.39. The van der Waals surface area contributed by atoms with Gasteiger partial charge < -0.3 is 5.32 Å². The first-order valence-corrected chi connectivity index (χ1v) is 9.24. The number of nitrogens with one attached hydrogen (secondary N) is 1. The first-order valence-electron chi connectivity index (χ1n) is 8.44. The first-order chi connectivity index (χ1) is 12.0. The van der Waals surface area contributed by atoms with Crippen molar-refractivity contribution in [2.24, 2.45) is 5.92 Å². The summed E-state index contributed by atoms with van der Waals surface area (Å²) in [4.78, 5) is 10.6. The van der Waals surface area contributed by atoms with Crippen molar-refractivity contribution in [3.8, 4) is 0 Å². The van der Waals surface area contributed by atoms with Gasteiger partial charge in [-0.3, -0.25) is 10.1 Å². The number of nitrogens with zero attached hydrogens (tertiary/aromatic N) is 1. The van der Waals surface area contributed by atoms with Crippen molar-refractivity contribution in [1.82, 2.24) is 0 Å². The largest absolute Gasteiger partial charge is 0.377 e. The highest BCUT2D eigenvalue weighted by Crippen LogP contribution is 2.53. The van der Waals surface area contributed by atoms with Gasteiger partial charge in [0.05, 0.1) is 16.7 Å². The SMILES string of the molecule is Cc1cc(Br)c2c(c1C)[C@H]1C=CC[C@@H]1[C@H](c1ccc([N+](=O)[O-])cc1)N2. The third kappa shape index (κ3) is 2.58. The lowest BCUT2D eigenvalue weighted by Crippen LogP contribution is -2.30. The van der Waals surface area contributed by atoms with E-state index < -0.39 is 0 Å². The molecule has 0 fully saturated rings. The second-order valence-corrected chi connectivity index (χ2v) is 7.77. The topological polar surface area (TPSA) is 55.2 Å². The zero-order valence-electron chi connectivity index (χ0n) is 14.1. The van der Waals surface area contributed by atoms with E-state index in [4.69, 9.17) is 0 Å². The number of non-ortho nitro benzene ring substituents is 1. The fraction of sp³-hybridized carbons (Fsp3) is 0.300. The average Bonchev–Trinajstić information content (AvgIpc) is 3.08. The van der Waals surface area contributed by atoms with Crippen LogP contribution < -0.4 is 5.32 Å². The van der Waals surface area contributed by atoms with Gasteiger partial charge in [0.2, 0.25) is 0 Å². The zero-order chi connectivity index (χ0) is 17.7. The number of rotatable bonds is 2. The summed E-state index contributed by atoms with van der Waals surface area (Å²) in [7, 11) is 0. The Morgan fingerprint density at radius 3 is 2.64 bits per heavy atom. The molecule has 4 rings (SSSR count). The van der Waals surface area contributed by atoms with Gasteiger partial charge in [0.25, 0.3) is 5.69 Å². The minimum Gasteiger partial charge on any atom is -0.377 e. The van der Waals surface area contributed by atoms with Crippen molar-refractivity contribution in [3.05, 3.63) is 79.3 Å². The first kappa shape index (κ1) is 16.3. The monoisotopic (exact) mass is 398 g/mol. The summed E-state index contributed by atoms with van der Waals surface area (Å²) in [5.41, 5.74) is 6.39. The van der Waals surface area contributed by atoms with Crippen LogP contribution >= 0.6 is 15.9 Å². The normalized spacial score (nSPS) is 23.7. The van der Waals surface area contributed by atoms with Crippen LogP contribution in [0.15, 0.2) is 47.0 Å². The summed E-state index contributed by atoms with van der Waals surface area (Å²) < 4.78 is 1.08. The maximum absolute atomic E-state index is 10.9. The molecule has 2 aromatic carbocycles. The molecule has 3 atom stereocenters. The second kappa shape index (κ2) is 5.99. The van der Waals surface area contributed by atoms with Gasteiger partial charge in [-0.05, 0) is 70.4 Å². The van der Waals surface area contributed by atoms with Gasteiger partial charge in [0.1, 0.15) is 0 Å². The van der Waals surface area contributed by atoms with Gasteiger partial charge in [-0.1, -0.05) is 24.3 Å². The van der Waals surface area contributed by atoms with Crippen molar-refractivity contribution in [3.63, 3.8) is 0 Å². The van der Waals surface area contributed by atoms with Crippen LogP contribution in [-0.4, -0.2) is 4.92 Å². The molecule has 0 radical (unpaired) electrons. The molecule has 5 heteroatoms. The minimum atomic E-state index is -0.351. The number of fused-ring (bicyclic) bond motifs is 3. The molecular weight excluding hydrogens is 380 g/mol. The molecule has 1 aliphatic carbocycles. The number of hydrogen-bond donors (Lipinski definition) is 1. The van der Waals surface area contributed by atoms with E-state index in [9.17, 15) is 10.1 Å². The molecule has 0 unspecified atom stereocenters. The van der Waals surface area contributed by atoms with Gasteiger partial charge >= 0.3 is 0 Å². The zero-order valence-corrected chi connectivity index (χ0v) is 15.7. The second-order valence-electron chi connectivity index (χ2n) is 6.91. The molecular formula is C20H19BrN2O2. The van der Waals surface area contributed by atoms with E-state index >= 15 is 0 Å². The smallest absolute Gasteiger partial charge is 0.269 e. The van der Waals surface area contributed by atoms with E-state index in [1.165, 1.54) is 16.7 Å². The molecule has 0 amide bonds. The van der Waals surface area contributed by atoms with Crippen molar-refractivity contribution >= 4 is 27.3 Å². The van der Waals surface area contributed by atoms with Crippen LogP contribution in [0.2, 0.25) is 0 Å². The number of allylic oxidation sites excluding steroid dienone is 2. The van der Waals surface area contributed by atoms with Gasteiger partial charge in [-0.25, -0.2) is 0 Å². The molecule has 1 aliphatic heterocycles. The number of nitro benzene ring substituents is 1. The number of halogens is 1. The van der Waals surface area contributed by atoms with Crippen LogP contribution in [-0.2, 0) is 0 Å². The van der Waals surface area contributed by atoms with Crippen LogP contribution in [0.3, 0.4) is 0 Å². The Kier molecular flexibility index (Phi) is 3.91. The van der Waals surface area contributed by atoms with Gasteiger partial charge in [0.15, 0.2) is 0 Å². The summed E-state index contributed by atoms with van der Waals surface area (Å²) in [5.74, 6) is 0.814. The summed E-state index contributed by atoms with van der Waals surface area (Å²) in [6.45, 7) is 4.34. The molecule has 4 nitrogen and oxygen atoms in total. The Bertz CT molecular complexity index is 890. The Hall–Kier alpha value is -2.14. The molecule has 2 aromatic rings. The fourth-order valence-corrected chi connectivity index (χ4v) is 4.86. The van der Waals surface area contributed by atoms with E-state index in [1.54, 1.807) is 12.1 Å². The van der Waals surface area contributed by atoms with Crippen molar-refractivity contribution in [2.75, 3.05) is 5.32 Å². The van der Waals surface area contributed by atoms with Gasteiger partial charge in [-0.15, -0.1) is 0 Å². The predicted molar refractivity (Wildman–Crippen MR) is 103 cm³/mol. The molecule has 1 N–H and O–H groups in total. The fourth-order valence-electron chi connectivity index (χ4n) is 4.18. The lowest BCUT2D eigenvalue weighted by atomic mass is 9.75. The quantitative estimate of drug-likeness (QED) is 0.395. The van der Waals surface area contributed by atoms with E-state index in [0.29, 0.717) is 11.8 Å². The van der Waals surface area contributed by atoms with Crippen LogP contribution in [0.4, 0.5) is 11.4 Å². The Morgan fingerprint density at radius 2 is 1.96 bits per heavy atom. The summed E-state index contributed by atoms with van der Waals surface area (Å²) in [6.07, 6.45) is 5.60. The van der Waals surface area contributed by atoms with Gasteiger partial charge in [0, 0.05) is 22.5 Å². The summed E-state index contributed by atoms with van der Waals surface area (Å²) in [6, 6.07) is 9.26. The van der Waals surface area contributed by atoms with Crippen LogP contribution in [0.1, 0.15) is 40.6 Å². The Balaban J connectivity index is 1.80. The van der Waals surface area contributed by atoms with Crippen LogP contribution in [0.25, 0.3) is 0 Å². The number of benzene rings is 2. The molecule has 0 saturated carbocycles. The number of hydrogen-bond acceptors (Lipinski definition) is 3. The van der Waals surface area contributed by atoms with Crippen LogP contribution in [0.5, 0.6) is 0 Å². The van der Waals surface area contributed by atoms with Crippen molar-refractivity contribution in [2.45, 2.75) is 32.2 Å². The molecule has 0 bridgehead atoms. The lowest BCUT2D eigenvalue weighted by molar-refractivity contribution is -0.384.